The van der Waals surface area contributed by atoms with E-state index in [4.69, 9.17) is 0 Å². The molecule has 0 aromatic rings. The molecular formula is C10H18N2O. The normalized spacial score (nSPS) is 29.8. The van der Waals surface area contributed by atoms with Gasteiger partial charge >= 0.3 is 0 Å². The molecule has 0 aliphatic heterocycles. The van der Waals surface area contributed by atoms with E-state index < -0.39 is 0 Å². The summed E-state index contributed by atoms with van der Waals surface area (Å²) in [7, 11) is 0. The van der Waals surface area contributed by atoms with Crippen LogP contribution < -0.4 is 10.6 Å². The van der Waals surface area contributed by atoms with Gasteiger partial charge in [-0.1, -0.05) is 13.8 Å². The molecule has 1 atom stereocenters. The van der Waals surface area contributed by atoms with Crippen molar-refractivity contribution in [1.29, 1.82) is 0 Å². The van der Waals surface area contributed by atoms with E-state index in [1.807, 2.05) is 0 Å². The Kier molecular flexibility index (Phi) is 2.06. The molecule has 3 heteroatoms. The minimum Gasteiger partial charge on any atom is -0.352 e. The Bertz CT molecular complexity index is 221. The largest absolute Gasteiger partial charge is 0.352 e. The molecule has 3 nitrogen and oxygen atoms in total. The summed E-state index contributed by atoms with van der Waals surface area (Å²) in [6, 6.07) is 1.04. The van der Waals surface area contributed by atoms with Gasteiger partial charge in [0.05, 0.1) is 6.54 Å². The molecule has 2 fully saturated rings. The Morgan fingerprint density at radius 3 is 2.54 bits per heavy atom. The highest BCUT2D eigenvalue weighted by Crippen LogP contribution is 2.44. The van der Waals surface area contributed by atoms with Crippen molar-refractivity contribution in [2.45, 2.75) is 45.2 Å². The molecule has 0 heterocycles. The van der Waals surface area contributed by atoms with Gasteiger partial charge < -0.3 is 10.6 Å². The molecule has 2 N–H and O–H groups in total. The molecule has 2 aliphatic carbocycles. The Hall–Kier alpha value is -0.570. The highest BCUT2D eigenvalue weighted by Gasteiger charge is 2.45. The number of carbonyl (C=O) groups excluding carboxylic acids is 1. The van der Waals surface area contributed by atoms with Gasteiger partial charge in [0.25, 0.3) is 0 Å². The van der Waals surface area contributed by atoms with Gasteiger partial charge in [0.15, 0.2) is 0 Å². The summed E-state index contributed by atoms with van der Waals surface area (Å²) >= 11 is 0. The van der Waals surface area contributed by atoms with E-state index in [1.165, 1.54) is 19.3 Å². The van der Waals surface area contributed by atoms with Gasteiger partial charge in [0.1, 0.15) is 0 Å². The Morgan fingerprint density at radius 1 is 1.46 bits per heavy atom. The molecular weight excluding hydrogens is 164 g/mol. The predicted octanol–water partition coefficient (Wildman–Crippen LogP) is 0.653. The average Bonchev–Trinajstić information content (AvgIpc) is 2.88. The van der Waals surface area contributed by atoms with Crippen LogP contribution in [0, 0.1) is 5.41 Å². The topological polar surface area (TPSA) is 41.1 Å². The second kappa shape index (κ2) is 2.98. The van der Waals surface area contributed by atoms with Crippen LogP contribution in [0.4, 0.5) is 0 Å². The molecule has 0 bridgehead atoms. The van der Waals surface area contributed by atoms with Gasteiger partial charge in [-0.2, -0.15) is 0 Å². The third-order valence-corrected chi connectivity index (χ3v) is 2.96. The fraction of sp³-hybridized carbons (Fsp3) is 0.900. The van der Waals surface area contributed by atoms with Gasteiger partial charge in [0.2, 0.25) is 5.91 Å². The number of nitrogens with one attached hydrogen (secondary N) is 2. The molecule has 2 rings (SSSR count). The molecule has 2 aliphatic rings. The van der Waals surface area contributed by atoms with Gasteiger partial charge in [-0.3, -0.25) is 4.79 Å². The number of rotatable bonds is 4. The lowest BCUT2D eigenvalue weighted by Crippen LogP contribution is -2.36. The number of carbonyl (C=O) groups is 1. The van der Waals surface area contributed by atoms with Crippen LogP contribution in [0.25, 0.3) is 0 Å². The number of hydrogen-bond donors (Lipinski definition) is 2. The second-order valence-corrected chi connectivity index (χ2v) is 4.97. The molecule has 2 saturated carbocycles. The van der Waals surface area contributed by atoms with Crippen molar-refractivity contribution in [2.24, 2.45) is 5.41 Å². The monoisotopic (exact) mass is 182 g/mol. The maximum absolute atomic E-state index is 11.3. The zero-order valence-corrected chi connectivity index (χ0v) is 8.39. The van der Waals surface area contributed by atoms with E-state index in [0.717, 1.165) is 0 Å². The summed E-state index contributed by atoms with van der Waals surface area (Å²) < 4.78 is 0. The highest BCUT2D eigenvalue weighted by atomic mass is 16.2. The third kappa shape index (κ3) is 2.44. The second-order valence-electron chi connectivity index (χ2n) is 4.97. The molecule has 0 saturated heterocycles. The van der Waals surface area contributed by atoms with Gasteiger partial charge in [-0.25, -0.2) is 0 Å². The van der Waals surface area contributed by atoms with Crippen LogP contribution in [0.5, 0.6) is 0 Å². The van der Waals surface area contributed by atoms with Crippen molar-refractivity contribution in [1.82, 2.24) is 10.6 Å². The first-order chi connectivity index (χ1) is 6.08. The van der Waals surface area contributed by atoms with Crippen molar-refractivity contribution >= 4 is 5.91 Å². The lowest BCUT2D eigenvalue weighted by Gasteiger charge is -2.06. The average molecular weight is 182 g/mol. The number of amides is 1. The fourth-order valence-corrected chi connectivity index (χ4v) is 1.54. The maximum atomic E-state index is 11.3. The Balaban J connectivity index is 1.59. The van der Waals surface area contributed by atoms with E-state index in [1.54, 1.807) is 0 Å². The van der Waals surface area contributed by atoms with E-state index in [-0.39, 0.29) is 5.91 Å². The van der Waals surface area contributed by atoms with Crippen molar-refractivity contribution in [3.8, 4) is 0 Å². The van der Waals surface area contributed by atoms with E-state index in [9.17, 15) is 4.79 Å². The van der Waals surface area contributed by atoms with Crippen molar-refractivity contribution in [3.63, 3.8) is 0 Å². The van der Waals surface area contributed by atoms with Crippen LogP contribution in [-0.2, 0) is 4.79 Å². The fourth-order valence-electron chi connectivity index (χ4n) is 1.54. The highest BCUT2D eigenvalue weighted by molar-refractivity contribution is 5.78. The standard InChI is InChI=1S/C10H18N2O/c1-10(2)5-8(10)11-6-9(13)12-7-3-4-7/h7-8,11H,3-6H2,1-2H3,(H,12,13). The van der Waals surface area contributed by atoms with Crippen molar-refractivity contribution < 1.29 is 4.79 Å². The van der Waals surface area contributed by atoms with E-state index in [0.29, 0.717) is 24.0 Å². The molecule has 0 spiro atoms. The minimum atomic E-state index is 0.158. The van der Waals surface area contributed by atoms with Crippen molar-refractivity contribution in [3.05, 3.63) is 0 Å². The summed E-state index contributed by atoms with van der Waals surface area (Å²) in [4.78, 5) is 11.3. The molecule has 1 unspecified atom stereocenters. The summed E-state index contributed by atoms with van der Waals surface area (Å²) in [6.45, 7) is 4.94. The maximum Gasteiger partial charge on any atom is 0.234 e. The third-order valence-electron chi connectivity index (χ3n) is 2.96. The first-order valence-electron chi connectivity index (χ1n) is 5.11. The van der Waals surface area contributed by atoms with E-state index >= 15 is 0 Å². The minimum absolute atomic E-state index is 0.158. The molecule has 0 aromatic carbocycles. The van der Waals surface area contributed by atoms with Gasteiger partial charge in [-0.15, -0.1) is 0 Å². The Morgan fingerprint density at radius 2 is 2.08 bits per heavy atom. The lowest BCUT2D eigenvalue weighted by atomic mass is 10.2. The smallest absolute Gasteiger partial charge is 0.234 e. The van der Waals surface area contributed by atoms with Crippen LogP contribution in [0.2, 0.25) is 0 Å². The molecule has 0 aromatic heterocycles. The molecule has 1 amide bonds. The van der Waals surface area contributed by atoms with Crippen LogP contribution in [0.1, 0.15) is 33.1 Å². The number of hydrogen-bond acceptors (Lipinski definition) is 2. The first kappa shape index (κ1) is 9.00. The summed E-state index contributed by atoms with van der Waals surface area (Å²) in [5.41, 5.74) is 0.417. The molecule has 0 radical (unpaired) electrons. The lowest BCUT2D eigenvalue weighted by molar-refractivity contribution is -0.120. The van der Waals surface area contributed by atoms with Gasteiger partial charge in [-0.05, 0) is 24.7 Å². The van der Waals surface area contributed by atoms with Crippen LogP contribution in [0.3, 0.4) is 0 Å². The van der Waals surface area contributed by atoms with Crippen LogP contribution >= 0.6 is 0 Å². The first-order valence-corrected chi connectivity index (χ1v) is 5.11. The quantitative estimate of drug-likeness (QED) is 0.670. The van der Waals surface area contributed by atoms with Crippen LogP contribution in [0.15, 0.2) is 0 Å². The zero-order chi connectivity index (χ0) is 9.47. The van der Waals surface area contributed by atoms with Crippen LogP contribution in [-0.4, -0.2) is 24.5 Å². The summed E-state index contributed by atoms with van der Waals surface area (Å²) in [6.07, 6.45) is 3.53. The SMILES string of the molecule is CC1(C)CC1NCC(=O)NC1CC1. The molecule has 13 heavy (non-hydrogen) atoms. The predicted molar refractivity (Wildman–Crippen MR) is 51.4 cm³/mol. The Labute approximate surface area is 79.3 Å². The zero-order valence-electron chi connectivity index (χ0n) is 8.39. The van der Waals surface area contributed by atoms with Gasteiger partial charge in [0, 0.05) is 12.1 Å². The van der Waals surface area contributed by atoms with E-state index in [2.05, 4.69) is 24.5 Å². The molecule has 74 valence electrons. The summed E-state index contributed by atoms with van der Waals surface area (Å²) in [5, 5.41) is 6.23. The van der Waals surface area contributed by atoms with Crippen molar-refractivity contribution in [2.75, 3.05) is 6.54 Å². The summed E-state index contributed by atoms with van der Waals surface area (Å²) in [5.74, 6) is 0.158.